The van der Waals surface area contributed by atoms with E-state index < -0.39 is 10.0 Å². The first kappa shape index (κ1) is 18.2. The average molecular weight is 376 g/mol. The zero-order valence-corrected chi connectivity index (χ0v) is 15.6. The molecular formula is C17H20N4O4S. The molecular weight excluding hydrogens is 356 g/mol. The maximum atomic E-state index is 11.8. The van der Waals surface area contributed by atoms with E-state index in [2.05, 4.69) is 10.1 Å². The molecule has 2 aromatic heterocycles. The van der Waals surface area contributed by atoms with Gasteiger partial charge in [0.1, 0.15) is 4.90 Å². The van der Waals surface area contributed by atoms with E-state index in [-0.39, 0.29) is 10.5 Å². The van der Waals surface area contributed by atoms with E-state index in [1.807, 2.05) is 32.0 Å². The van der Waals surface area contributed by atoms with Gasteiger partial charge in [-0.1, -0.05) is 6.07 Å². The van der Waals surface area contributed by atoms with Gasteiger partial charge in [0, 0.05) is 18.0 Å². The van der Waals surface area contributed by atoms with E-state index in [1.54, 1.807) is 19.3 Å². The van der Waals surface area contributed by atoms with Gasteiger partial charge in [0.15, 0.2) is 17.1 Å². The molecule has 0 saturated heterocycles. The minimum absolute atomic E-state index is 0.0641. The molecule has 3 rings (SSSR count). The Balaban J connectivity index is 2.10. The first-order chi connectivity index (χ1) is 12.3. The Morgan fingerprint density at radius 2 is 1.81 bits per heavy atom. The van der Waals surface area contributed by atoms with Gasteiger partial charge in [0.2, 0.25) is 10.0 Å². The van der Waals surface area contributed by atoms with Crippen LogP contribution in [-0.2, 0) is 10.0 Å². The van der Waals surface area contributed by atoms with Crippen molar-refractivity contribution in [3.8, 4) is 22.6 Å². The fourth-order valence-electron chi connectivity index (χ4n) is 2.74. The predicted molar refractivity (Wildman–Crippen MR) is 96.9 cm³/mol. The highest BCUT2D eigenvalue weighted by Gasteiger charge is 2.21. The van der Waals surface area contributed by atoms with Crippen LogP contribution in [0.3, 0.4) is 0 Å². The summed E-state index contributed by atoms with van der Waals surface area (Å²) in [4.78, 5) is 4.18. The van der Waals surface area contributed by atoms with Crippen molar-refractivity contribution in [3.63, 3.8) is 0 Å². The minimum Gasteiger partial charge on any atom is -0.490 e. The second-order valence-corrected chi connectivity index (χ2v) is 7.10. The third-order valence-corrected chi connectivity index (χ3v) is 4.80. The summed E-state index contributed by atoms with van der Waals surface area (Å²) in [6.07, 6.45) is 3.28. The van der Waals surface area contributed by atoms with Crippen molar-refractivity contribution in [3.05, 3.63) is 36.3 Å². The van der Waals surface area contributed by atoms with Gasteiger partial charge in [-0.15, -0.1) is 0 Å². The number of aromatic nitrogens is 3. The topological polar surface area (TPSA) is 109 Å². The summed E-state index contributed by atoms with van der Waals surface area (Å²) in [7, 11) is -3.90. The Hall–Kier alpha value is -2.65. The summed E-state index contributed by atoms with van der Waals surface area (Å²) in [6, 6.07) is 5.57. The molecule has 0 saturated carbocycles. The van der Waals surface area contributed by atoms with Crippen LogP contribution >= 0.6 is 0 Å². The van der Waals surface area contributed by atoms with Gasteiger partial charge in [0.25, 0.3) is 0 Å². The summed E-state index contributed by atoms with van der Waals surface area (Å²) in [6.45, 7) is 6.44. The lowest BCUT2D eigenvalue weighted by Gasteiger charge is -2.12. The lowest BCUT2D eigenvalue weighted by molar-refractivity contribution is 0.288. The molecule has 2 N–H and O–H groups in total. The highest BCUT2D eigenvalue weighted by molar-refractivity contribution is 7.89. The Morgan fingerprint density at radius 3 is 2.46 bits per heavy atom. The summed E-state index contributed by atoms with van der Waals surface area (Å²) >= 11 is 0. The van der Waals surface area contributed by atoms with Crippen molar-refractivity contribution in [1.82, 2.24) is 14.6 Å². The number of nitrogens with two attached hydrogens (primary N) is 1. The molecule has 3 aromatic rings. The molecule has 0 amide bonds. The molecule has 138 valence electrons. The van der Waals surface area contributed by atoms with E-state index in [0.717, 1.165) is 11.1 Å². The fraction of sp³-hybridized carbons (Fsp3) is 0.294. The fourth-order valence-corrected chi connectivity index (χ4v) is 3.59. The molecule has 0 aliphatic heterocycles. The van der Waals surface area contributed by atoms with Gasteiger partial charge in [-0.05, 0) is 38.5 Å². The van der Waals surface area contributed by atoms with Crippen LogP contribution in [0, 0.1) is 6.92 Å². The lowest BCUT2D eigenvalue weighted by Crippen LogP contribution is -2.13. The van der Waals surface area contributed by atoms with Crippen LogP contribution in [0.15, 0.2) is 35.5 Å². The van der Waals surface area contributed by atoms with Crippen LogP contribution in [-0.4, -0.2) is 36.2 Å². The van der Waals surface area contributed by atoms with Crippen LogP contribution < -0.4 is 14.6 Å². The van der Waals surface area contributed by atoms with Crippen LogP contribution in [0.1, 0.15) is 19.5 Å². The molecule has 0 spiro atoms. The maximum absolute atomic E-state index is 11.8. The molecule has 0 unspecified atom stereocenters. The Bertz CT molecular complexity index is 1060. The number of benzene rings is 1. The van der Waals surface area contributed by atoms with Crippen LogP contribution in [0.4, 0.5) is 0 Å². The standard InChI is InChI=1S/C17H20N4O4S/c1-4-24-14-7-6-12(8-15(14)25-5-2)13-9-19-17-16(26(18,22)23)11(3)20-21(17)10-13/h6-10H,4-5H2,1-3H3,(H2,18,22,23). The number of nitrogens with zero attached hydrogens (tertiary/aromatic N) is 3. The second kappa shape index (κ2) is 6.93. The number of ether oxygens (including phenoxy) is 2. The molecule has 0 aliphatic rings. The zero-order chi connectivity index (χ0) is 18.9. The molecule has 26 heavy (non-hydrogen) atoms. The van der Waals surface area contributed by atoms with E-state index in [1.165, 1.54) is 4.52 Å². The third kappa shape index (κ3) is 3.35. The lowest BCUT2D eigenvalue weighted by atomic mass is 10.1. The Labute approximate surface area is 151 Å². The molecule has 8 nitrogen and oxygen atoms in total. The monoisotopic (exact) mass is 376 g/mol. The molecule has 0 radical (unpaired) electrons. The van der Waals surface area contributed by atoms with Gasteiger partial charge in [-0.2, -0.15) is 5.10 Å². The smallest absolute Gasteiger partial charge is 0.243 e. The molecule has 0 bridgehead atoms. The zero-order valence-electron chi connectivity index (χ0n) is 14.8. The Morgan fingerprint density at radius 1 is 1.12 bits per heavy atom. The van der Waals surface area contributed by atoms with Crippen molar-refractivity contribution in [2.45, 2.75) is 25.7 Å². The van der Waals surface area contributed by atoms with Crippen molar-refractivity contribution in [2.24, 2.45) is 5.14 Å². The van der Waals surface area contributed by atoms with E-state index in [4.69, 9.17) is 14.6 Å². The van der Waals surface area contributed by atoms with E-state index in [0.29, 0.717) is 30.4 Å². The molecule has 0 fully saturated rings. The van der Waals surface area contributed by atoms with Crippen LogP contribution in [0.5, 0.6) is 11.5 Å². The normalized spacial score (nSPS) is 11.7. The van der Waals surface area contributed by atoms with Gasteiger partial charge < -0.3 is 9.47 Å². The van der Waals surface area contributed by atoms with Gasteiger partial charge >= 0.3 is 0 Å². The number of rotatable bonds is 6. The predicted octanol–water partition coefficient (Wildman–Crippen LogP) is 2.15. The number of hydrogen-bond donors (Lipinski definition) is 1. The number of primary sulfonamides is 1. The highest BCUT2D eigenvalue weighted by Crippen LogP contribution is 2.33. The maximum Gasteiger partial charge on any atom is 0.243 e. The number of aryl methyl sites for hydroxylation is 1. The average Bonchev–Trinajstić information content (AvgIpc) is 2.91. The van der Waals surface area contributed by atoms with Crippen molar-refractivity contribution < 1.29 is 17.9 Å². The van der Waals surface area contributed by atoms with Crippen LogP contribution in [0.2, 0.25) is 0 Å². The molecule has 9 heteroatoms. The van der Waals surface area contributed by atoms with Crippen molar-refractivity contribution >= 4 is 15.7 Å². The summed E-state index contributed by atoms with van der Waals surface area (Å²) in [5.74, 6) is 1.30. The first-order valence-electron chi connectivity index (χ1n) is 8.13. The van der Waals surface area contributed by atoms with Gasteiger partial charge in [-0.25, -0.2) is 23.1 Å². The molecule has 1 aromatic carbocycles. The third-order valence-electron chi connectivity index (χ3n) is 3.75. The van der Waals surface area contributed by atoms with Crippen LogP contribution in [0.25, 0.3) is 16.8 Å². The molecule has 0 aliphatic carbocycles. The summed E-state index contributed by atoms with van der Waals surface area (Å²) in [5, 5.41) is 9.47. The molecule has 2 heterocycles. The quantitative estimate of drug-likeness (QED) is 0.706. The first-order valence-corrected chi connectivity index (χ1v) is 9.67. The van der Waals surface area contributed by atoms with Gasteiger partial charge in [-0.3, -0.25) is 0 Å². The van der Waals surface area contributed by atoms with Crippen molar-refractivity contribution in [2.75, 3.05) is 13.2 Å². The summed E-state index contributed by atoms with van der Waals surface area (Å²) < 4.78 is 36.1. The second-order valence-electron chi connectivity index (χ2n) is 5.60. The minimum atomic E-state index is -3.90. The number of hydrogen-bond acceptors (Lipinski definition) is 6. The molecule has 0 atom stereocenters. The number of sulfonamides is 1. The van der Waals surface area contributed by atoms with E-state index >= 15 is 0 Å². The summed E-state index contributed by atoms with van der Waals surface area (Å²) in [5.41, 5.74) is 2.10. The Kier molecular flexibility index (Phi) is 4.84. The van der Waals surface area contributed by atoms with Gasteiger partial charge in [0.05, 0.1) is 18.9 Å². The largest absolute Gasteiger partial charge is 0.490 e. The van der Waals surface area contributed by atoms with Crippen molar-refractivity contribution in [1.29, 1.82) is 0 Å². The number of fused-ring (bicyclic) bond motifs is 1. The highest BCUT2D eigenvalue weighted by atomic mass is 32.2. The SMILES string of the molecule is CCOc1ccc(-c2cnc3c(S(N)(=O)=O)c(C)nn3c2)cc1OCC. The van der Waals surface area contributed by atoms with E-state index in [9.17, 15) is 8.42 Å².